The van der Waals surface area contributed by atoms with Crippen LogP contribution in [0.3, 0.4) is 0 Å². The second kappa shape index (κ2) is 8.46. The number of nitrogen functional groups attached to an aromatic ring is 1. The molecule has 2 atom stereocenters. The Balaban J connectivity index is 1.35. The number of anilines is 2. The van der Waals surface area contributed by atoms with Gasteiger partial charge in [0, 0.05) is 39.1 Å². The van der Waals surface area contributed by atoms with Gasteiger partial charge in [-0.1, -0.05) is 0 Å². The molecular formula is C21H27F2N9O2. The van der Waals surface area contributed by atoms with E-state index in [1.807, 2.05) is 11.8 Å². The summed E-state index contributed by atoms with van der Waals surface area (Å²) in [6.07, 6.45) is 2.97. The van der Waals surface area contributed by atoms with Crippen molar-refractivity contribution >= 4 is 23.6 Å². The van der Waals surface area contributed by atoms with E-state index in [0.717, 1.165) is 13.3 Å². The largest absolute Gasteiger partial charge is 0.461 e. The van der Waals surface area contributed by atoms with Crippen LogP contribution in [0.2, 0.25) is 0 Å². The topological polar surface area (TPSA) is 122 Å². The highest BCUT2D eigenvalue weighted by Crippen LogP contribution is 2.27. The summed E-state index contributed by atoms with van der Waals surface area (Å²) in [5.41, 5.74) is 6.13. The predicted molar refractivity (Wildman–Crippen MR) is 119 cm³/mol. The maximum atomic E-state index is 13.5. The minimum atomic E-state index is -2.76. The molecule has 2 aliphatic heterocycles. The number of amides is 1. The van der Waals surface area contributed by atoms with Crippen LogP contribution in [0.4, 0.5) is 20.7 Å². The quantitative estimate of drug-likeness (QED) is 0.585. The molecule has 0 aromatic carbocycles. The first-order chi connectivity index (χ1) is 16.2. The van der Waals surface area contributed by atoms with Gasteiger partial charge in [0.25, 0.3) is 11.7 Å². The van der Waals surface area contributed by atoms with Gasteiger partial charge < -0.3 is 20.0 Å². The zero-order valence-electron chi connectivity index (χ0n) is 19.1. The summed E-state index contributed by atoms with van der Waals surface area (Å²) in [5, 5.41) is 4.30. The summed E-state index contributed by atoms with van der Waals surface area (Å²) >= 11 is 0. The number of nitrogens with zero attached hydrogens (tertiary/aromatic N) is 8. The Morgan fingerprint density at radius 2 is 2.09 bits per heavy atom. The van der Waals surface area contributed by atoms with Gasteiger partial charge in [-0.15, -0.1) is 5.10 Å². The number of fused-ring (bicyclic) bond motifs is 1. The van der Waals surface area contributed by atoms with Gasteiger partial charge in [0.1, 0.15) is 6.04 Å². The fourth-order valence-corrected chi connectivity index (χ4v) is 4.78. The molecule has 1 amide bonds. The van der Waals surface area contributed by atoms with E-state index in [2.05, 4.69) is 20.1 Å². The van der Waals surface area contributed by atoms with Crippen LogP contribution in [-0.4, -0.2) is 91.0 Å². The second-order valence-corrected chi connectivity index (χ2v) is 9.04. The van der Waals surface area contributed by atoms with Crippen molar-refractivity contribution < 1.29 is 18.0 Å². The molecule has 2 N–H and O–H groups in total. The highest BCUT2D eigenvalue weighted by atomic mass is 19.3. The number of alkyl halides is 2. The van der Waals surface area contributed by atoms with Crippen LogP contribution < -0.4 is 10.6 Å². The summed E-state index contributed by atoms with van der Waals surface area (Å²) in [6.45, 7) is 4.33. The smallest absolute Gasteiger partial charge is 0.259 e. The van der Waals surface area contributed by atoms with Gasteiger partial charge in [0.05, 0.1) is 12.8 Å². The Bertz CT molecular complexity index is 1180. The van der Waals surface area contributed by atoms with Gasteiger partial charge >= 0.3 is 0 Å². The number of aromatic nitrogens is 5. The molecule has 34 heavy (non-hydrogen) atoms. The molecule has 182 valence electrons. The third-order valence-corrected chi connectivity index (χ3v) is 6.25. The van der Waals surface area contributed by atoms with Crippen molar-refractivity contribution in [1.29, 1.82) is 0 Å². The van der Waals surface area contributed by atoms with Crippen molar-refractivity contribution in [3.05, 3.63) is 18.4 Å². The Hall–Kier alpha value is -3.35. The molecule has 5 rings (SSSR count). The van der Waals surface area contributed by atoms with Gasteiger partial charge in [0.15, 0.2) is 5.76 Å². The Labute approximate surface area is 194 Å². The normalized spacial score (nSPS) is 22.1. The number of hydrogen-bond donors (Lipinski definition) is 1. The molecule has 0 radical (unpaired) electrons. The lowest BCUT2D eigenvalue weighted by Gasteiger charge is -2.42. The molecule has 3 aromatic rings. The third kappa shape index (κ3) is 4.27. The highest BCUT2D eigenvalue weighted by Gasteiger charge is 2.39. The van der Waals surface area contributed by atoms with Crippen molar-refractivity contribution in [3.8, 4) is 11.6 Å². The summed E-state index contributed by atoms with van der Waals surface area (Å²) in [4.78, 5) is 32.1. The summed E-state index contributed by atoms with van der Waals surface area (Å²) in [6, 6.07) is 2.84. The van der Waals surface area contributed by atoms with Crippen LogP contribution in [-0.2, 0) is 4.79 Å². The lowest BCUT2D eigenvalue weighted by Crippen LogP contribution is -2.59. The fourth-order valence-electron chi connectivity index (χ4n) is 4.78. The van der Waals surface area contributed by atoms with Crippen LogP contribution in [0, 0.1) is 0 Å². The van der Waals surface area contributed by atoms with Crippen LogP contribution in [0.1, 0.15) is 26.7 Å². The van der Waals surface area contributed by atoms with E-state index in [0.29, 0.717) is 50.1 Å². The lowest BCUT2D eigenvalue weighted by atomic mass is 10.1. The number of carbonyl (C=O) groups excluding carboxylic acids is 1. The summed E-state index contributed by atoms with van der Waals surface area (Å²) in [5.74, 6) is -1.32. The van der Waals surface area contributed by atoms with Gasteiger partial charge in [-0.05, 0) is 31.9 Å². The van der Waals surface area contributed by atoms with E-state index in [4.69, 9.17) is 10.2 Å². The van der Waals surface area contributed by atoms with Crippen molar-refractivity contribution in [1.82, 2.24) is 34.4 Å². The van der Waals surface area contributed by atoms with Crippen molar-refractivity contribution in [3.63, 3.8) is 0 Å². The van der Waals surface area contributed by atoms with Crippen LogP contribution >= 0.6 is 0 Å². The molecule has 2 fully saturated rings. The molecule has 2 aliphatic rings. The maximum absolute atomic E-state index is 13.5. The van der Waals surface area contributed by atoms with E-state index in [1.165, 1.54) is 10.8 Å². The molecule has 0 bridgehead atoms. The first-order valence-corrected chi connectivity index (χ1v) is 11.3. The van der Waals surface area contributed by atoms with Gasteiger partial charge in [0.2, 0.25) is 23.6 Å². The molecule has 11 nitrogen and oxygen atoms in total. The third-order valence-electron chi connectivity index (χ3n) is 6.25. The summed E-state index contributed by atoms with van der Waals surface area (Å²) < 4.78 is 33.5. The fraction of sp³-hybridized carbons (Fsp3) is 0.571. The molecule has 0 saturated carbocycles. The number of hydrogen-bond acceptors (Lipinski definition) is 9. The van der Waals surface area contributed by atoms with E-state index < -0.39 is 12.0 Å². The van der Waals surface area contributed by atoms with Crippen molar-refractivity contribution in [2.45, 2.75) is 44.7 Å². The van der Waals surface area contributed by atoms with Gasteiger partial charge in [-0.2, -0.15) is 19.5 Å². The van der Waals surface area contributed by atoms with Gasteiger partial charge in [-0.3, -0.25) is 9.69 Å². The zero-order valence-corrected chi connectivity index (χ0v) is 19.1. The molecule has 2 saturated heterocycles. The molecule has 3 aromatic heterocycles. The number of rotatable bonds is 5. The average molecular weight is 476 g/mol. The Morgan fingerprint density at radius 1 is 1.26 bits per heavy atom. The summed E-state index contributed by atoms with van der Waals surface area (Å²) in [7, 11) is 0. The number of nitrogens with two attached hydrogens (primary N) is 1. The number of carbonyl (C=O) groups is 1. The molecular weight excluding hydrogens is 448 g/mol. The minimum Gasteiger partial charge on any atom is -0.461 e. The number of halogens is 2. The monoisotopic (exact) mass is 475 g/mol. The highest BCUT2D eigenvalue weighted by molar-refractivity contribution is 5.86. The zero-order chi connectivity index (χ0) is 24.0. The molecule has 13 heteroatoms. The predicted octanol–water partition coefficient (Wildman–Crippen LogP) is 1.52. The SMILES string of the molecule is C[C@@H]1CN(CC(C)(F)F)CCN1C(=O)[C@@H]1CCCN1c1nc(N)n2nc(-c3ccco3)nc2n1. The number of furan rings is 1. The standard InChI is InChI=1S/C21H27F2N9O2/c1-13-11-29(12-21(2,22)23)8-9-30(13)17(33)14-5-3-7-31(14)19-26-18(24)32-20(27-19)25-16(28-32)15-6-4-10-34-15/h4,6,10,13-14H,3,5,7-9,11-12H2,1-2H3,(H2,24,25,26,27,28)/t13-,14+/m1/s1. The van der Waals surface area contributed by atoms with Crippen molar-refractivity contribution in [2.75, 3.05) is 43.4 Å². The number of piperazine rings is 1. The van der Waals surface area contributed by atoms with Crippen LogP contribution in [0.25, 0.3) is 17.4 Å². The van der Waals surface area contributed by atoms with Crippen LogP contribution in [0.5, 0.6) is 0 Å². The van der Waals surface area contributed by atoms with E-state index in [1.54, 1.807) is 21.9 Å². The van der Waals surface area contributed by atoms with Crippen LogP contribution in [0.15, 0.2) is 22.8 Å². The van der Waals surface area contributed by atoms with E-state index in [-0.39, 0.29) is 30.2 Å². The first kappa shape index (κ1) is 22.4. The Kier molecular flexibility index (Phi) is 5.58. The molecule has 0 spiro atoms. The molecule has 0 unspecified atom stereocenters. The maximum Gasteiger partial charge on any atom is 0.259 e. The second-order valence-electron chi connectivity index (χ2n) is 9.04. The minimum absolute atomic E-state index is 0.0484. The van der Waals surface area contributed by atoms with E-state index >= 15 is 0 Å². The molecule has 0 aliphatic carbocycles. The Morgan fingerprint density at radius 3 is 2.79 bits per heavy atom. The molecule has 5 heterocycles. The lowest BCUT2D eigenvalue weighted by molar-refractivity contribution is -0.137. The van der Waals surface area contributed by atoms with Crippen molar-refractivity contribution in [2.24, 2.45) is 0 Å². The van der Waals surface area contributed by atoms with E-state index in [9.17, 15) is 13.6 Å². The van der Waals surface area contributed by atoms with Gasteiger partial charge in [-0.25, -0.2) is 8.78 Å². The first-order valence-electron chi connectivity index (χ1n) is 11.3. The average Bonchev–Trinajstić information content (AvgIpc) is 3.51.